The lowest BCUT2D eigenvalue weighted by Gasteiger charge is -2.32. The number of carbonyl (C=O) groups is 2. The highest BCUT2D eigenvalue weighted by Gasteiger charge is 2.32. The van der Waals surface area contributed by atoms with E-state index in [-0.39, 0.29) is 29.1 Å². The maximum absolute atomic E-state index is 13.8. The first-order valence-electron chi connectivity index (χ1n) is 12.2. The summed E-state index contributed by atoms with van der Waals surface area (Å²) in [7, 11) is -4.14. The molecule has 0 saturated heterocycles. The molecule has 0 aromatic heterocycles. The number of carbonyl (C=O) groups excluding carboxylic acids is 2. The van der Waals surface area contributed by atoms with Crippen LogP contribution in [0.15, 0.2) is 83.8 Å². The van der Waals surface area contributed by atoms with Crippen LogP contribution in [0.25, 0.3) is 0 Å². The first kappa shape index (κ1) is 29.5. The molecule has 2 atom stereocenters. The summed E-state index contributed by atoms with van der Waals surface area (Å²) in [6.45, 7) is 5.00. The summed E-state index contributed by atoms with van der Waals surface area (Å²) in [5.74, 6) is -0.881. The molecule has 3 rings (SSSR count). The van der Waals surface area contributed by atoms with Gasteiger partial charge < -0.3 is 10.2 Å². The standard InChI is InChI=1S/C28H31Cl2N3O4S/c1-4-20(2)31-28(35)21(3)32(18-22-13-15-23(29)16-14-22)27(34)19-33(25-10-8-9-24(30)17-25)38(36,37)26-11-6-5-7-12-26/h5-17,20-21H,4,18-19H2,1-3H3,(H,31,35). The van der Waals surface area contributed by atoms with Crippen molar-refractivity contribution in [2.24, 2.45) is 0 Å². The fourth-order valence-electron chi connectivity index (χ4n) is 3.71. The summed E-state index contributed by atoms with van der Waals surface area (Å²) in [6.07, 6.45) is 0.724. The van der Waals surface area contributed by atoms with E-state index in [4.69, 9.17) is 23.2 Å². The van der Waals surface area contributed by atoms with Crippen molar-refractivity contribution in [2.45, 2.75) is 50.7 Å². The Morgan fingerprint density at radius 3 is 2.16 bits per heavy atom. The van der Waals surface area contributed by atoms with Crippen molar-refractivity contribution >= 4 is 50.7 Å². The number of rotatable bonds is 11. The normalized spacial score (nSPS) is 12.9. The van der Waals surface area contributed by atoms with Crippen LogP contribution in [-0.4, -0.2) is 43.8 Å². The zero-order chi connectivity index (χ0) is 27.9. The van der Waals surface area contributed by atoms with Crippen LogP contribution in [0.1, 0.15) is 32.8 Å². The van der Waals surface area contributed by atoms with Gasteiger partial charge in [-0.05, 0) is 68.3 Å². The molecule has 0 aliphatic carbocycles. The summed E-state index contributed by atoms with van der Waals surface area (Å²) in [5.41, 5.74) is 0.976. The van der Waals surface area contributed by atoms with E-state index in [1.165, 1.54) is 23.1 Å². The van der Waals surface area contributed by atoms with Crippen LogP contribution >= 0.6 is 23.2 Å². The third-order valence-corrected chi connectivity index (χ3v) is 8.42. The summed E-state index contributed by atoms with van der Waals surface area (Å²) in [4.78, 5) is 28.3. The van der Waals surface area contributed by atoms with Crippen molar-refractivity contribution < 1.29 is 18.0 Å². The molecule has 7 nitrogen and oxygen atoms in total. The van der Waals surface area contributed by atoms with Gasteiger partial charge in [-0.2, -0.15) is 0 Å². The smallest absolute Gasteiger partial charge is 0.264 e. The van der Waals surface area contributed by atoms with E-state index in [1.807, 2.05) is 13.8 Å². The van der Waals surface area contributed by atoms with E-state index in [0.29, 0.717) is 10.0 Å². The number of benzene rings is 3. The maximum atomic E-state index is 13.8. The van der Waals surface area contributed by atoms with Crippen LogP contribution in [0.5, 0.6) is 0 Å². The van der Waals surface area contributed by atoms with Crippen LogP contribution in [0.4, 0.5) is 5.69 Å². The lowest BCUT2D eigenvalue weighted by molar-refractivity contribution is -0.139. The molecule has 0 aliphatic heterocycles. The minimum Gasteiger partial charge on any atom is -0.352 e. The first-order chi connectivity index (χ1) is 18.0. The molecule has 2 amide bonds. The average Bonchev–Trinajstić information content (AvgIpc) is 2.91. The van der Waals surface area contributed by atoms with E-state index in [0.717, 1.165) is 16.3 Å². The van der Waals surface area contributed by atoms with Gasteiger partial charge >= 0.3 is 0 Å². The molecule has 3 aromatic rings. The number of amides is 2. The van der Waals surface area contributed by atoms with Crippen LogP contribution in [0.3, 0.4) is 0 Å². The first-order valence-corrected chi connectivity index (χ1v) is 14.4. The van der Waals surface area contributed by atoms with Gasteiger partial charge in [-0.3, -0.25) is 13.9 Å². The molecular weight excluding hydrogens is 545 g/mol. The van der Waals surface area contributed by atoms with Gasteiger partial charge in [0.2, 0.25) is 11.8 Å². The second-order valence-corrected chi connectivity index (χ2v) is 11.7. The second kappa shape index (κ2) is 13.1. The largest absolute Gasteiger partial charge is 0.352 e. The molecule has 0 spiro atoms. The molecule has 2 unspecified atom stereocenters. The Kier molecular flexibility index (Phi) is 10.2. The summed E-state index contributed by atoms with van der Waals surface area (Å²) < 4.78 is 28.4. The van der Waals surface area contributed by atoms with E-state index < -0.39 is 28.5 Å². The fourth-order valence-corrected chi connectivity index (χ4v) is 5.45. The minimum absolute atomic E-state index is 0.0274. The van der Waals surface area contributed by atoms with Crippen molar-refractivity contribution in [3.05, 3.63) is 94.5 Å². The van der Waals surface area contributed by atoms with Crippen molar-refractivity contribution in [1.29, 1.82) is 0 Å². The predicted octanol–water partition coefficient (Wildman–Crippen LogP) is 5.52. The lowest BCUT2D eigenvalue weighted by atomic mass is 10.1. The number of anilines is 1. The number of nitrogens with zero attached hydrogens (tertiary/aromatic N) is 2. The highest BCUT2D eigenvalue weighted by Crippen LogP contribution is 2.27. The fraction of sp³-hybridized carbons (Fsp3) is 0.286. The molecule has 0 saturated carbocycles. The van der Waals surface area contributed by atoms with Gasteiger partial charge in [0.1, 0.15) is 12.6 Å². The molecule has 0 heterocycles. The topological polar surface area (TPSA) is 86.8 Å². The Bertz CT molecular complexity index is 1350. The summed E-state index contributed by atoms with van der Waals surface area (Å²) in [6, 6.07) is 20.1. The van der Waals surface area contributed by atoms with Crippen LogP contribution in [0, 0.1) is 0 Å². The van der Waals surface area contributed by atoms with E-state index >= 15 is 0 Å². The van der Waals surface area contributed by atoms with Gasteiger partial charge in [0, 0.05) is 22.6 Å². The van der Waals surface area contributed by atoms with Gasteiger partial charge in [0.05, 0.1) is 10.6 Å². The van der Waals surface area contributed by atoms with E-state index in [9.17, 15) is 18.0 Å². The molecule has 3 aromatic carbocycles. The van der Waals surface area contributed by atoms with E-state index in [2.05, 4.69) is 5.32 Å². The number of halogens is 2. The number of sulfonamides is 1. The molecule has 1 N–H and O–H groups in total. The third-order valence-electron chi connectivity index (χ3n) is 6.14. The molecule has 202 valence electrons. The minimum atomic E-state index is -4.14. The Hall–Kier alpha value is -3.07. The van der Waals surface area contributed by atoms with Crippen LogP contribution in [0.2, 0.25) is 10.0 Å². The zero-order valence-electron chi connectivity index (χ0n) is 21.5. The zero-order valence-corrected chi connectivity index (χ0v) is 23.8. The monoisotopic (exact) mass is 575 g/mol. The number of hydrogen-bond acceptors (Lipinski definition) is 4. The van der Waals surface area contributed by atoms with Crippen molar-refractivity contribution in [1.82, 2.24) is 10.2 Å². The molecule has 0 fully saturated rings. The Morgan fingerprint density at radius 2 is 1.55 bits per heavy atom. The van der Waals surface area contributed by atoms with Crippen molar-refractivity contribution in [3.8, 4) is 0 Å². The van der Waals surface area contributed by atoms with Crippen LogP contribution < -0.4 is 9.62 Å². The summed E-state index contributed by atoms with van der Waals surface area (Å²) in [5, 5.41) is 3.76. The van der Waals surface area contributed by atoms with Gasteiger partial charge in [0.25, 0.3) is 10.0 Å². The lowest BCUT2D eigenvalue weighted by Crippen LogP contribution is -2.52. The predicted molar refractivity (Wildman–Crippen MR) is 152 cm³/mol. The van der Waals surface area contributed by atoms with Crippen molar-refractivity contribution in [3.63, 3.8) is 0 Å². The Balaban J connectivity index is 2.01. The molecular formula is C28H31Cl2N3O4S. The number of hydrogen-bond donors (Lipinski definition) is 1. The highest BCUT2D eigenvalue weighted by molar-refractivity contribution is 7.92. The summed E-state index contributed by atoms with van der Waals surface area (Å²) >= 11 is 12.2. The van der Waals surface area contributed by atoms with Gasteiger partial charge in [-0.25, -0.2) is 8.42 Å². The third kappa shape index (κ3) is 7.49. The van der Waals surface area contributed by atoms with Gasteiger partial charge in [0.15, 0.2) is 0 Å². The van der Waals surface area contributed by atoms with E-state index in [1.54, 1.807) is 67.6 Å². The molecule has 0 bridgehead atoms. The average molecular weight is 577 g/mol. The highest BCUT2D eigenvalue weighted by atomic mass is 35.5. The number of nitrogens with one attached hydrogen (secondary N) is 1. The molecule has 0 radical (unpaired) electrons. The Morgan fingerprint density at radius 1 is 0.895 bits per heavy atom. The Labute approximate surface area is 234 Å². The molecule has 10 heteroatoms. The molecule has 38 heavy (non-hydrogen) atoms. The second-order valence-electron chi connectivity index (χ2n) is 8.95. The van der Waals surface area contributed by atoms with Gasteiger partial charge in [-0.15, -0.1) is 0 Å². The maximum Gasteiger partial charge on any atom is 0.264 e. The quantitative estimate of drug-likeness (QED) is 0.326. The van der Waals surface area contributed by atoms with Gasteiger partial charge in [-0.1, -0.05) is 66.5 Å². The molecule has 0 aliphatic rings. The van der Waals surface area contributed by atoms with Crippen LogP contribution in [-0.2, 0) is 26.2 Å². The van der Waals surface area contributed by atoms with Crippen molar-refractivity contribution in [2.75, 3.05) is 10.8 Å². The SMILES string of the molecule is CCC(C)NC(=O)C(C)N(Cc1ccc(Cl)cc1)C(=O)CN(c1cccc(Cl)c1)S(=O)(=O)c1ccccc1.